The lowest BCUT2D eigenvalue weighted by atomic mass is 10.2. The maximum absolute atomic E-state index is 11.7. The molecule has 0 spiro atoms. The Labute approximate surface area is 127 Å². The number of ether oxygens (including phenoxy) is 1. The average molecular weight is 310 g/mol. The number of carbonyl (C=O) groups is 1. The lowest BCUT2D eigenvalue weighted by Crippen LogP contribution is -2.20. The molecule has 0 aliphatic carbocycles. The molecule has 0 fully saturated rings. The largest absolute Gasteiger partial charge is 0.484 e. The van der Waals surface area contributed by atoms with Gasteiger partial charge in [-0.2, -0.15) is 0 Å². The lowest BCUT2D eigenvalue weighted by Gasteiger charge is -2.08. The minimum Gasteiger partial charge on any atom is -0.484 e. The van der Waals surface area contributed by atoms with Gasteiger partial charge in [0.1, 0.15) is 5.75 Å². The smallest absolute Gasteiger partial charge is 0.262 e. The van der Waals surface area contributed by atoms with Gasteiger partial charge >= 0.3 is 0 Å². The van der Waals surface area contributed by atoms with E-state index in [9.17, 15) is 4.79 Å². The quantitative estimate of drug-likeness (QED) is 0.913. The zero-order valence-electron chi connectivity index (χ0n) is 10.8. The fourth-order valence-corrected chi connectivity index (χ4v) is 1.83. The fraction of sp³-hybridized carbons (Fsp3) is 0.133. The summed E-state index contributed by atoms with van der Waals surface area (Å²) in [6.45, 7) is 1.81. The van der Waals surface area contributed by atoms with E-state index in [4.69, 9.17) is 27.9 Å². The normalized spacial score (nSPS) is 10.2. The number of amides is 1. The van der Waals surface area contributed by atoms with Crippen LogP contribution in [-0.4, -0.2) is 12.5 Å². The van der Waals surface area contributed by atoms with Crippen LogP contribution in [0, 0.1) is 6.92 Å². The van der Waals surface area contributed by atoms with E-state index in [1.807, 2.05) is 6.92 Å². The second-order valence-corrected chi connectivity index (χ2v) is 5.10. The van der Waals surface area contributed by atoms with Crippen LogP contribution in [0.1, 0.15) is 5.56 Å². The van der Waals surface area contributed by atoms with Gasteiger partial charge in [0.05, 0.1) is 0 Å². The molecule has 5 heteroatoms. The molecule has 0 radical (unpaired) electrons. The average Bonchev–Trinajstić information content (AvgIpc) is 2.43. The van der Waals surface area contributed by atoms with Crippen molar-refractivity contribution in [1.82, 2.24) is 0 Å². The van der Waals surface area contributed by atoms with Gasteiger partial charge in [-0.25, -0.2) is 0 Å². The maximum atomic E-state index is 11.7. The fourth-order valence-electron chi connectivity index (χ4n) is 1.59. The van der Waals surface area contributed by atoms with E-state index in [1.165, 1.54) is 0 Å². The van der Waals surface area contributed by atoms with Crippen LogP contribution in [0.5, 0.6) is 5.75 Å². The van der Waals surface area contributed by atoms with Crippen molar-refractivity contribution < 1.29 is 9.53 Å². The molecule has 2 rings (SSSR count). The highest BCUT2D eigenvalue weighted by molar-refractivity contribution is 6.31. The van der Waals surface area contributed by atoms with Gasteiger partial charge in [-0.05, 0) is 55.0 Å². The Morgan fingerprint density at radius 3 is 2.50 bits per heavy atom. The summed E-state index contributed by atoms with van der Waals surface area (Å²) in [7, 11) is 0. The van der Waals surface area contributed by atoms with Crippen molar-refractivity contribution >= 4 is 34.8 Å². The topological polar surface area (TPSA) is 38.3 Å². The predicted molar refractivity (Wildman–Crippen MR) is 81.8 cm³/mol. The van der Waals surface area contributed by atoms with Crippen LogP contribution in [0.4, 0.5) is 5.69 Å². The Morgan fingerprint density at radius 2 is 1.85 bits per heavy atom. The number of benzene rings is 2. The molecule has 3 nitrogen and oxygen atoms in total. The number of anilines is 1. The van der Waals surface area contributed by atoms with Crippen molar-refractivity contribution in [1.29, 1.82) is 0 Å². The van der Waals surface area contributed by atoms with E-state index in [0.29, 0.717) is 21.5 Å². The molecular formula is C15H13Cl2NO2. The van der Waals surface area contributed by atoms with Crippen LogP contribution in [0.15, 0.2) is 42.5 Å². The lowest BCUT2D eigenvalue weighted by molar-refractivity contribution is -0.118. The number of hydrogen-bond acceptors (Lipinski definition) is 2. The number of aryl methyl sites for hydroxylation is 1. The van der Waals surface area contributed by atoms with Gasteiger partial charge in [0, 0.05) is 15.7 Å². The molecule has 1 amide bonds. The van der Waals surface area contributed by atoms with Crippen molar-refractivity contribution in [3.8, 4) is 5.75 Å². The summed E-state index contributed by atoms with van der Waals surface area (Å²) in [5, 5.41) is 4.01. The molecule has 0 saturated carbocycles. The first-order chi connectivity index (χ1) is 9.54. The summed E-state index contributed by atoms with van der Waals surface area (Å²) in [6, 6.07) is 12.1. The Hall–Kier alpha value is -1.71. The number of halogens is 2. The third kappa shape index (κ3) is 4.15. The maximum Gasteiger partial charge on any atom is 0.262 e. The molecule has 0 aromatic heterocycles. The van der Waals surface area contributed by atoms with E-state index in [2.05, 4.69) is 5.32 Å². The third-order valence-electron chi connectivity index (χ3n) is 2.63. The summed E-state index contributed by atoms with van der Waals surface area (Å²) in [6.07, 6.45) is 0. The van der Waals surface area contributed by atoms with Crippen LogP contribution < -0.4 is 10.1 Å². The summed E-state index contributed by atoms with van der Waals surface area (Å²) in [4.78, 5) is 11.7. The van der Waals surface area contributed by atoms with Crippen LogP contribution in [-0.2, 0) is 4.79 Å². The van der Waals surface area contributed by atoms with Gasteiger partial charge < -0.3 is 10.1 Å². The van der Waals surface area contributed by atoms with Gasteiger partial charge in [0.2, 0.25) is 0 Å². The van der Waals surface area contributed by atoms with Gasteiger partial charge in [-0.3, -0.25) is 4.79 Å². The molecule has 0 atom stereocenters. The van der Waals surface area contributed by atoms with Crippen LogP contribution >= 0.6 is 23.2 Å². The molecule has 0 heterocycles. The first-order valence-electron chi connectivity index (χ1n) is 5.99. The first kappa shape index (κ1) is 14.7. The van der Waals surface area contributed by atoms with E-state index in [1.54, 1.807) is 42.5 Å². The zero-order valence-corrected chi connectivity index (χ0v) is 12.3. The number of nitrogens with one attached hydrogen (secondary N) is 1. The highest BCUT2D eigenvalue weighted by Gasteiger charge is 2.05. The summed E-state index contributed by atoms with van der Waals surface area (Å²) >= 11 is 11.7. The molecule has 0 aliphatic rings. The molecule has 0 saturated heterocycles. The van der Waals surface area contributed by atoms with Crippen LogP contribution in [0.25, 0.3) is 0 Å². The molecule has 104 valence electrons. The Kier molecular flexibility index (Phi) is 4.88. The van der Waals surface area contributed by atoms with Gasteiger partial charge in [-0.1, -0.05) is 23.2 Å². The van der Waals surface area contributed by atoms with Crippen molar-refractivity contribution in [2.45, 2.75) is 6.92 Å². The molecule has 0 unspecified atom stereocenters. The van der Waals surface area contributed by atoms with Crippen LogP contribution in [0.3, 0.4) is 0 Å². The monoisotopic (exact) mass is 309 g/mol. The molecule has 2 aromatic rings. The second-order valence-electron chi connectivity index (χ2n) is 4.25. The van der Waals surface area contributed by atoms with Crippen LogP contribution in [0.2, 0.25) is 10.0 Å². The van der Waals surface area contributed by atoms with E-state index < -0.39 is 0 Å². The Morgan fingerprint density at radius 1 is 1.15 bits per heavy atom. The highest BCUT2D eigenvalue weighted by Crippen LogP contribution is 2.21. The van der Waals surface area contributed by atoms with E-state index in [-0.39, 0.29) is 12.5 Å². The van der Waals surface area contributed by atoms with Gasteiger partial charge in [0.25, 0.3) is 5.91 Å². The molecule has 1 N–H and O–H groups in total. The predicted octanol–water partition coefficient (Wildman–Crippen LogP) is 4.32. The summed E-state index contributed by atoms with van der Waals surface area (Å²) < 4.78 is 5.40. The van der Waals surface area contributed by atoms with Crippen molar-refractivity contribution in [2.24, 2.45) is 0 Å². The number of rotatable bonds is 4. The first-order valence-corrected chi connectivity index (χ1v) is 6.74. The number of carbonyl (C=O) groups excluding carboxylic acids is 1. The summed E-state index contributed by atoms with van der Waals surface area (Å²) in [5.41, 5.74) is 1.58. The zero-order chi connectivity index (χ0) is 14.5. The summed E-state index contributed by atoms with van der Waals surface area (Å²) in [5.74, 6) is 0.373. The van der Waals surface area contributed by atoms with Gasteiger partial charge in [-0.15, -0.1) is 0 Å². The van der Waals surface area contributed by atoms with Crippen molar-refractivity contribution in [3.05, 3.63) is 58.1 Å². The molecular weight excluding hydrogens is 297 g/mol. The Bertz CT molecular complexity index is 612. The SMILES string of the molecule is Cc1cc(OCC(=O)Nc2ccc(Cl)cc2)ccc1Cl. The second kappa shape index (κ2) is 6.64. The third-order valence-corrected chi connectivity index (χ3v) is 3.30. The molecule has 0 bridgehead atoms. The van der Waals surface area contributed by atoms with Crippen molar-refractivity contribution in [3.63, 3.8) is 0 Å². The molecule has 20 heavy (non-hydrogen) atoms. The highest BCUT2D eigenvalue weighted by atomic mass is 35.5. The number of hydrogen-bond donors (Lipinski definition) is 1. The van der Waals surface area contributed by atoms with E-state index in [0.717, 1.165) is 5.56 Å². The van der Waals surface area contributed by atoms with E-state index >= 15 is 0 Å². The minimum atomic E-state index is -0.236. The standard InChI is InChI=1S/C15H13Cl2NO2/c1-10-8-13(6-7-14(10)17)20-9-15(19)18-12-4-2-11(16)3-5-12/h2-8H,9H2,1H3,(H,18,19). The minimum absolute atomic E-state index is 0.0658. The Balaban J connectivity index is 1.88. The molecule has 0 aliphatic heterocycles. The van der Waals surface area contributed by atoms with Gasteiger partial charge in [0.15, 0.2) is 6.61 Å². The molecule has 2 aromatic carbocycles. The van der Waals surface area contributed by atoms with Crippen molar-refractivity contribution in [2.75, 3.05) is 11.9 Å².